The Morgan fingerprint density at radius 3 is 2.63 bits per heavy atom. The number of halogens is 1. The number of hydrogen-bond donors (Lipinski definition) is 0. The number of ether oxygens (including phenoxy) is 1. The number of methoxy groups -OCH3 is 1. The highest BCUT2D eigenvalue weighted by molar-refractivity contribution is 6.31. The smallest absolute Gasteiger partial charge is 0.143 e. The molecule has 98 valence electrons. The van der Waals surface area contributed by atoms with Crippen LogP contribution in [0.2, 0.25) is 5.02 Å². The summed E-state index contributed by atoms with van der Waals surface area (Å²) in [7, 11) is 1.62. The van der Waals surface area contributed by atoms with Crippen molar-refractivity contribution in [2.75, 3.05) is 7.11 Å². The maximum Gasteiger partial charge on any atom is 0.143 e. The number of benzene rings is 2. The molecule has 0 unspecified atom stereocenters. The van der Waals surface area contributed by atoms with E-state index in [0.717, 1.165) is 16.9 Å². The molecule has 0 aliphatic rings. The fourth-order valence-electron chi connectivity index (χ4n) is 1.59. The summed E-state index contributed by atoms with van der Waals surface area (Å²) in [6.07, 6.45) is 1.62. The molecule has 0 N–H and O–H groups in total. The van der Waals surface area contributed by atoms with E-state index in [1.165, 1.54) is 0 Å². The van der Waals surface area contributed by atoms with E-state index >= 15 is 0 Å². The molecule has 0 bridgehead atoms. The molecule has 2 rings (SSSR count). The summed E-state index contributed by atoms with van der Waals surface area (Å²) in [4.78, 5) is 5.23. The van der Waals surface area contributed by atoms with Gasteiger partial charge in [-0.3, -0.25) is 0 Å². The van der Waals surface area contributed by atoms with Gasteiger partial charge in [0, 0.05) is 16.1 Å². The molecule has 4 heteroatoms. The fraction of sp³-hybridized carbons (Fsp3) is 0.133. The fourth-order valence-corrected chi connectivity index (χ4v) is 1.78. The molecule has 2 aromatic rings. The van der Waals surface area contributed by atoms with Crippen LogP contribution in [-0.4, -0.2) is 13.3 Å². The summed E-state index contributed by atoms with van der Waals surface area (Å²) in [6, 6.07) is 15.1. The third-order valence-corrected chi connectivity index (χ3v) is 2.95. The first-order valence-electron chi connectivity index (χ1n) is 5.83. The van der Waals surface area contributed by atoms with E-state index in [4.69, 9.17) is 21.2 Å². The summed E-state index contributed by atoms with van der Waals surface area (Å²) < 4.78 is 5.21. The van der Waals surface area contributed by atoms with Crippen LogP contribution in [0.3, 0.4) is 0 Å². The second kappa shape index (κ2) is 6.81. The van der Waals surface area contributed by atoms with Gasteiger partial charge in [0.1, 0.15) is 12.4 Å². The molecule has 2 aromatic carbocycles. The van der Waals surface area contributed by atoms with E-state index < -0.39 is 0 Å². The Labute approximate surface area is 117 Å². The van der Waals surface area contributed by atoms with Crippen molar-refractivity contribution >= 4 is 17.8 Å². The summed E-state index contributed by atoms with van der Waals surface area (Å²) in [5.74, 6) is 0.757. The van der Waals surface area contributed by atoms with Gasteiger partial charge in [0.05, 0.1) is 13.3 Å². The molecule has 0 fully saturated rings. The molecule has 0 saturated heterocycles. The van der Waals surface area contributed by atoms with Gasteiger partial charge in [-0.1, -0.05) is 47.1 Å². The summed E-state index contributed by atoms with van der Waals surface area (Å²) in [6.45, 7) is 0.339. The Morgan fingerprint density at radius 2 is 1.84 bits per heavy atom. The van der Waals surface area contributed by atoms with Crippen LogP contribution in [-0.2, 0) is 11.4 Å². The molecule has 19 heavy (non-hydrogen) atoms. The van der Waals surface area contributed by atoms with Gasteiger partial charge < -0.3 is 9.57 Å². The minimum atomic E-state index is 0.339. The Morgan fingerprint density at radius 1 is 1.11 bits per heavy atom. The third kappa shape index (κ3) is 3.73. The summed E-state index contributed by atoms with van der Waals surface area (Å²) in [5.41, 5.74) is 1.77. The van der Waals surface area contributed by atoms with Crippen LogP contribution in [0, 0.1) is 0 Å². The van der Waals surface area contributed by atoms with Gasteiger partial charge in [-0.2, -0.15) is 0 Å². The quantitative estimate of drug-likeness (QED) is 0.612. The minimum absolute atomic E-state index is 0.339. The Hall–Kier alpha value is -2.00. The molecule has 0 amide bonds. The van der Waals surface area contributed by atoms with Crippen LogP contribution in [0.25, 0.3) is 0 Å². The SMILES string of the molecule is COc1ccccc1C=NOCc1ccccc1Cl. The predicted molar refractivity (Wildman–Crippen MR) is 76.8 cm³/mol. The van der Waals surface area contributed by atoms with Gasteiger partial charge in [0.15, 0.2) is 0 Å². The van der Waals surface area contributed by atoms with Gasteiger partial charge in [-0.15, -0.1) is 0 Å². The Kier molecular flexibility index (Phi) is 4.81. The molecule has 0 aliphatic carbocycles. The van der Waals surface area contributed by atoms with Gasteiger partial charge in [0.25, 0.3) is 0 Å². The summed E-state index contributed by atoms with van der Waals surface area (Å²) in [5, 5.41) is 4.60. The van der Waals surface area contributed by atoms with Crippen molar-refractivity contribution in [3.63, 3.8) is 0 Å². The largest absolute Gasteiger partial charge is 0.496 e. The normalized spacial score (nSPS) is 10.6. The number of para-hydroxylation sites is 1. The molecule has 3 nitrogen and oxygen atoms in total. The van der Waals surface area contributed by atoms with Crippen LogP contribution in [0.1, 0.15) is 11.1 Å². The first-order valence-corrected chi connectivity index (χ1v) is 6.21. The van der Waals surface area contributed by atoms with Crippen molar-refractivity contribution in [1.82, 2.24) is 0 Å². The van der Waals surface area contributed by atoms with Crippen molar-refractivity contribution in [3.8, 4) is 5.75 Å². The number of oxime groups is 1. The molecule has 0 spiro atoms. The second-order valence-corrected chi connectivity index (χ2v) is 4.25. The zero-order chi connectivity index (χ0) is 13.5. The number of rotatable bonds is 5. The van der Waals surface area contributed by atoms with Crippen molar-refractivity contribution in [2.24, 2.45) is 5.16 Å². The van der Waals surface area contributed by atoms with Gasteiger partial charge in [-0.25, -0.2) is 0 Å². The predicted octanol–water partition coefficient (Wildman–Crippen LogP) is 3.90. The zero-order valence-electron chi connectivity index (χ0n) is 10.5. The highest BCUT2D eigenvalue weighted by Gasteiger charge is 1.99. The Balaban J connectivity index is 1.96. The number of nitrogens with zero attached hydrogens (tertiary/aromatic N) is 1. The first kappa shape index (κ1) is 13.4. The topological polar surface area (TPSA) is 30.8 Å². The lowest BCUT2D eigenvalue weighted by molar-refractivity contribution is 0.132. The van der Waals surface area contributed by atoms with Crippen LogP contribution in [0.4, 0.5) is 0 Å². The molecular formula is C15H14ClNO2. The van der Waals surface area contributed by atoms with Crippen LogP contribution in [0.5, 0.6) is 5.75 Å². The lowest BCUT2D eigenvalue weighted by Crippen LogP contribution is -1.92. The molecule has 0 radical (unpaired) electrons. The van der Waals surface area contributed by atoms with Crippen LogP contribution >= 0.6 is 11.6 Å². The van der Waals surface area contributed by atoms with E-state index in [2.05, 4.69) is 5.16 Å². The van der Waals surface area contributed by atoms with E-state index in [1.807, 2.05) is 48.5 Å². The molecule has 0 aromatic heterocycles. The molecule has 0 saturated carbocycles. The standard InChI is InChI=1S/C15H14ClNO2/c1-18-15-9-5-3-6-12(15)10-17-19-11-13-7-2-4-8-14(13)16/h2-10H,11H2,1H3. The van der Waals surface area contributed by atoms with Crippen molar-refractivity contribution in [2.45, 2.75) is 6.61 Å². The maximum absolute atomic E-state index is 6.02. The van der Waals surface area contributed by atoms with E-state index in [0.29, 0.717) is 11.6 Å². The molecule has 0 aliphatic heterocycles. The average molecular weight is 276 g/mol. The minimum Gasteiger partial charge on any atom is -0.496 e. The highest BCUT2D eigenvalue weighted by atomic mass is 35.5. The summed E-state index contributed by atoms with van der Waals surface area (Å²) >= 11 is 6.02. The average Bonchev–Trinajstić information content (AvgIpc) is 2.45. The second-order valence-electron chi connectivity index (χ2n) is 3.84. The van der Waals surface area contributed by atoms with Gasteiger partial charge in [0.2, 0.25) is 0 Å². The van der Waals surface area contributed by atoms with E-state index in [1.54, 1.807) is 13.3 Å². The van der Waals surface area contributed by atoms with Gasteiger partial charge in [-0.05, 0) is 18.2 Å². The monoisotopic (exact) mass is 275 g/mol. The van der Waals surface area contributed by atoms with Crippen molar-refractivity contribution < 1.29 is 9.57 Å². The lowest BCUT2D eigenvalue weighted by atomic mass is 10.2. The van der Waals surface area contributed by atoms with Crippen LogP contribution < -0.4 is 4.74 Å². The zero-order valence-corrected chi connectivity index (χ0v) is 11.3. The third-order valence-electron chi connectivity index (χ3n) is 2.58. The van der Waals surface area contributed by atoms with Crippen molar-refractivity contribution in [1.29, 1.82) is 0 Å². The lowest BCUT2D eigenvalue weighted by Gasteiger charge is -2.04. The highest BCUT2D eigenvalue weighted by Crippen LogP contribution is 2.17. The maximum atomic E-state index is 6.02. The van der Waals surface area contributed by atoms with E-state index in [-0.39, 0.29) is 0 Å². The first-order chi connectivity index (χ1) is 9.31. The van der Waals surface area contributed by atoms with E-state index in [9.17, 15) is 0 Å². The molecule has 0 atom stereocenters. The molecule has 0 heterocycles. The Bertz CT molecular complexity index is 570. The van der Waals surface area contributed by atoms with Gasteiger partial charge >= 0.3 is 0 Å². The number of hydrogen-bond acceptors (Lipinski definition) is 3. The van der Waals surface area contributed by atoms with Crippen LogP contribution in [0.15, 0.2) is 53.7 Å². The van der Waals surface area contributed by atoms with Crippen molar-refractivity contribution in [3.05, 3.63) is 64.7 Å². The molecular weight excluding hydrogens is 262 g/mol.